The van der Waals surface area contributed by atoms with Crippen LogP contribution in [0, 0.1) is 11.6 Å². The first-order chi connectivity index (χ1) is 10.2. The van der Waals surface area contributed by atoms with Crippen molar-refractivity contribution in [1.29, 1.82) is 0 Å². The van der Waals surface area contributed by atoms with Crippen LogP contribution in [0.4, 0.5) is 8.78 Å². The van der Waals surface area contributed by atoms with Crippen LogP contribution in [0.25, 0.3) is 0 Å². The van der Waals surface area contributed by atoms with E-state index in [2.05, 4.69) is 5.32 Å². The summed E-state index contributed by atoms with van der Waals surface area (Å²) < 4.78 is 37.7. The third kappa shape index (κ3) is 4.51. The molecule has 0 aliphatic rings. The van der Waals surface area contributed by atoms with E-state index >= 15 is 0 Å². The summed E-state index contributed by atoms with van der Waals surface area (Å²) in [5.74, 6) is -1.88. The van der Waals surface area contributed by atoms with E-state index < -0.39 is 17.4 Å². The van der Waals surface area contributed by atoms with Crippen molar-refractivity contribution in [3.8, 4) is 5.75 Å². The minimum Gasteiger partial charge on any atom is -0.461 e. The summed E-state index contributed by atoms with van der Waals surface area (Å²) in [7, 11) is 1.71. The van der Waals surface area contributed by atoms with Crippen molar-refractivity contribution in [2.45, 2.75) is 13.2 Å². The summed E-state index contributed by atoms with van der Waals surface area (Å²) in [6.45, 7) is 0.495. The van der Waals surface area contributed by atoms with Gasteiger partial charge in [0.25, 0.3) is 0 Å². The van der Waals surface area contributed by atoms with E-state index in [0.29, 0.717) is 18.7 Å². The van der Waals surface area contributed by atoms with E-state index in [9.17, 15) is 8.78 Å². The molecule has 0 bridgehead atoms. The minimum absolute atomic E-state index is 0.214. The van der Waals surface area contributed by atoms with E-state index in [1.165, 1.54) is 12.1 Å². The van der Waals surface area contributed by atoms with Crippen molar-refractivity contribution in [2.75, 3.05) is 13.8 Å². The van der Waals surface area contributed by atoms with Crippen LogP contribution in [0.2, 0.25) is 0 Å². The molecule has 0 radical (unpaired) electrons. The highest BCUT2D eigenvalue weighted by molar-refractivity contribution is 5.31. The summed E-state index contributed by atoms with van der Waals surface area (Å²) in [6.07, 6.45) is 0. The highest BCUT2D eigenvalue weighted by atomic mass is 19.1. The predicted octanol–water partition coefficient (Wildman–Crippen LogP) is 3.24. The average Bonchev–Trinajstić information content (AvgIpc) is 2.47. The van der Waals surface area contributed by atoms with E-state index in [1.807, 2.05) is 30.3 Å². The molecule has 112 valence electrons. The first kappa shape index (κ1) is 15.4. The van der Waals surface area contributed by atoms with Gasteiger partial charge in [0.2, 0.25) is 0 Å². The van der Waals surface area contributed by atoms with Gasteiger partial charge in [0.15, 0.2) is 24.2 Å². The maximum atomic E-state index is 13.7. The van der Waals surface area contributed by atoms with E-state index in [0.717, 1.165) is 5.56 Å². The molecule has 0 amide bonds. The molecule has 0 spiro atoms. The second-order valence-corrected chi connectivity index (χ2v) is 4.52. The van der Waals surface area contributed by atoms with Gasteiger partial charge in [-0.2, -0.15) is 0 Å². The van der Waals surface area contributed by atoms with Gasteiger partial charge >= 0.3 is 0 Å². The van der Waals surface area contributed by atoms with Crippen LogP contribution in [0.5, 0.6) is 5.75 Å². The van der Waals surface area contributed by atoms with Crippen LogP contribution < -0.4 is 10.1 Å². The Morgan fingerprint density at radius 3 is 2.29 bits per heavy atom. The third-order valence-corrected chi connectivity index (χ3v) is 2.84. The molecule has 0 heterocycles. The topological polar surface area (TPSA) is 30.5 Å². The van der Waals surface area contributed by atoms with Crippen molar-refractivity contribution in [3.05, 3.63) is 65.2 Å². The fourth-order valence-electron chi connectivity index (χ4n) is 1.89. The normalized spacial score (nSPS) is 10.6. The molecule has 0 saturated carbocycles. The van der Waals surface area contributed by atoms with Gasteiger partial charge in [-0.3, -0.25) is 0 Å². The highest BCUT2D eigenvalue weighted by Gasteiger charge is 2.12. The molecule has 0 aliphatic carbocycles. The first-order valence-corrected chi connectivity index (χ1v) is 6.57. The average molecular weight is 293 g/mol. The molecule has 3 nitrogen and oxygen atoms in total. The summed E-state index contributed by atoms with van der Waals surface area (Å²) in [5, 5.41) is 2.83. The van der Waals surface area contributed by atoms with E-state index in [1.54, 1.807) is 7.05 Å². The monoisotopic (exact) mass is 293 g/mol. The number of rotatable bonds is 7. The zero-order chi connectivity index (χ0) is 15.1. The number of nitrogens with one attached hydrogen (secondary N) is 1. The lowest BCUT2D eigenvalue weighted by Crippen LogP contribution is -2.09. The van der Waals surface area contributed by atoms with Crippen LogP contribution in [0.3, 0.4) is 0 Å². The van der Waals surface area contributed by atoms with E-state index in [4.69, 9.17) is 9.47 Å². The number of halogens is 2. The maximum Gasteiger partial charge on any atom is 0.193 e. The Morgan fingerprint density at radius 2 is 1.67 bits per heavy atom. The van der Waals surface area contributed by atoms with Crippen molar-refractivity contribution in [2.24, 2.45) is 0 Å². The Morgan fingerprint density at radius 1 is 1.00 bits per heavy atom. The molecule has 1 N–H and O–H groups in total. The molecule has 0 unspecified atom stereocenters. The quantitative estimate of drug-likeness (QED) is 0.628. The molecule has 0 aromatic heterocycles. The van der Waals surface area contributed by atoms with Gasteiger partial charge in [0.05, 0.1) is 6.61 Å². The molecule has 2 aromatic rings. The fraction of sp³-hybridized carbons (Fsp3) is 0.250. The Balaban J connectivity index is 1.88. The van der Waals surface area contributed by atoms with Gasteiger partial charge in [-0.05, 0) is 30.3 Å². The number of hydrogen-bond acceptors (Lipinski definition) is 3. The number of benzene rings is 2. The van der Waals surface area contributed by atoms with Gasteiger partial charge < -0.3 is 14.8 Å². The first-order valence-electron chi connectivity index (χ1n) is 6.57. The number of ether oxygens (including phenoxy) is 2. The van der Waals surface area contributed by atoms with Gasteiger partial charge in [-0.1, -0.05) is 30.3 Å². The van der Waals surface area contributed by atoms with E-state index in [-0.39, 0.29) is 6.79 Å². The Hall–Kier alpha value is -1.98. The van der Waals surface area contributed by atoms with Gasteiger partial charge in [0, 0.05) is 6.54 Å². The minimum atomic E-state index is -0.733. The molecule has 0 aliphatic heterocycles. The lowest BCUT2D eigenvalue weighted by Gasteiger charge is -2.10. The van der Waals surface area contributed by atoms with Gasteiger partial charge in [0.1, 0.15) is 0 Å². The van der Waals surface area contributed by atoms with Crippen LogP contribution in [-0.2, 0) is 17.9 Å². The summed E-state index contributed by atoms with van der Waals surface area (Å²) in [6, 6.07) is 12.0. The maximum absolute atomic E-state index is 13.7. The Labute approximate surface area is 122 Å². The van der Waals surface area contributed by atoms with Crippen molar-refractivity contribution in [1.82, 2.24) is 5.32 Å². The second-order valence-electron chi connectivity index (χ2n) is 4.52. The van der Waals surface area contributed by atoms with Gasteiger partial charge in [-0.25, -0.2) is 8.78 Å². The lowest BCUT2D eigenvalue weighted by atomic mass is 10.2. The fourth-order valence-corrected chi connectivity index (χ4v) is 1.89. The van der Waals surface area contributed by atoms with Crippen molar-refractivity contribution < 1.29 is 18.3 Å². The van der Waals surface area contributed by atoms with Crippen molar-refractivity contribution in [3.63, 3.8) is 0 Å². The molecule has 2 rings (SSSR count). The zero-order valence-corrected chi connectivity index (χ0v) is 11.7. The van der Waals surface area contributed by atoms with Gasteiger partial charge in [-0.15, -0.1) is 0 Å². The molecule has 2 aromatic carbocycles. The molecular weight excluding hydrogens is 276 g/mol. The van der Waals surface area contributed by atoms with Crippen LogP contribution in [0.15, 0.2) is 42.5 Å². The molecule has 0 fully saturated rings. The molecule has 5 heteroatoms. The predicted molar refractivity (Wildman–Crippen MR) is 75.8 cm³/mol. The van der Waals surface area contributed by atoms with Crippen LogP contribution in [-0.4, -0.2) is 13.8 Å². The molecule has 0 atom stereocenters. The molecule has 0 saturated heterocycles. The largest absolute Gasteiger partial charge is 0.461 e. The second kappa shape index (κ2) is 7.71. The summed E-state index contributed by atoms with van der Waals surface area (Å²) >= 11 is 0. The summed E-state index contributed by atoms with van der Waals surface area (Å²) in [5.41, 5.74) is 1.48. The SMILES string of the molecule is CNCc1cc(F)c(OCOCc2ccccc2)c(F)c1. The lowest BCUT2D eigenvalue weighted by molar-refractivity contribution is 0.000841. The molecular formula is C16H17F2NO2. The highest BCUT2D eigenvalue weighted by Crippen LogP contribution is 2.23. The smallest absolute Gasteiger partial charge is 0.193 e. The molecule has 21 heavy (non-hydrogen) atoms. The van der Waals surface area contributed by atoms with Crippen LogP contribution >= 0.6 is 0 Å². The Kier molecular flexibility index (Phi) is 5.66. The zero-order valence-electron chi connectivity index (χ0n) is 11.7. The third-order valence-electron chi connectivity index (χ3n) is 2.84. The van der Waals surface area contributed by atoms with Crippen molar-refractivity contribution >= 4 is 0 Å². The van der Waals surface area contributed by atoms with Crippen LogP contribution in [0.1, 0.15) is 11.1 Å². The standard InChI is InChI=1S/C16H17F2NO2/c1-19-9-13-7-14(17)16(15(18)8-13)21-11-20-10-12-5-3-2-4-6-12/h2-8,19H,9-11H2,1H3. The summed E-state index contributed by atoms with van der Waals surface area (Å²) in [4.78, 5) is 0. The number of hydrogen-bond donors (Lipinski definition) is 1. The Bertz CT molecular complexity index is 553.